The van der Waals surface area contributed by atoms with Crippen LogP contribution in [0.15, 0.2) is 60.7 Å². The molecule has 2 heteroatoms. The average molecular weight is 380 g/mol. The summed E-state index contributed by atoms with van der Waals surface area (Å²) in [7, 11) is 0. The van der Waals surface area contributed by atoms with Crippen molar-refractivity contribution >= 4 is 0 Å². The molecule has 0 spiro atoms. The van der Waals surface area contributed by atoms with Crippen molar-refractivity contribution < 1.29 is 4.74 Å². The third-order valence-corrected chi connectivity index (χ3v) is 6.32. The highest BCUT2D eigenvalue weighted by Gasteiger charge is 2.40. The maximum atomic E-state index is 6.35. The number of hydrogen-bond donors (Lipinski definition) is 0. The van der Waals surface area contributed by atoms with Gasteiger partial charge in [-0.3, -0.25) is 4.90 Å². The van der Waals surface area contributed by atoms with E-state index in [0.717, 1.165) is 45.4 Å². The number of rotatable bonds is 8. The highest BCUT2D eigenvalue weighted by molar-refractivity contribution is 5.17. The monoisotopic (exact) mass is 379 g/mol. The van der Waals surface area contributed by atoms with E-state index < -0.39 is 0 Å². The van der Waals surface area contributed by atoms with Crippen molar-refractivity contribution in [3.63, 3.8) is 0 Å². The predicted octanol–water partition coefficient (Wildman–Crippen LogP) is 6.11. The molecule has 2 nitrogen and oxygen atoms in total. The molecule has 1 fully saturated rings. The Balaban J connectivity index is 1.61. The Morgan fingerprint density at radius 2 is 1.54 bits per heavy atom. The molecular weight excluding hydrogens is 342 g/mol. The van der Waals surface area contributed by atoms with Crippen LogP contribution in [-0.2, 0) is 17.7 Å². The summed E-state index contributed by atoms with van der Waals surface area (Å²) in [6, 6.07) is 22.3. The Hall–Kier alpha value is -1.64. The zero-order valence-electron chi connectivity index (χ0n) is 18.2. The van der Waals surface area contributed by atoms with Gasteiger partial charge < -0.3 is 4.74 Å². The zero-order chi connectivity index (χ0) is 20.0. The number of ether oxygens (including phenoxy) is 1. The fraction of sp³-hybridized carbons (Fsp3) is 0.538. The first-order valence-corrected chi connectivity index (χ1v) is 10.8. The van der Waals surface area contributed by atoms with Crippen LogP contribution in [-0.4, -0.2) is 29.7 Å². The van der Waals surface area contributed by atoms with Gasteiger partial charge in [0, 0.05) is 25.7 Å². The predicted molar refractivity (Wildman–Crippen MR) is 118 cm³/mol. The maximum Gasteiger partial charge on any atom is 0.0672 e. The Morgan fingerprint density at radius 3 is 2.14 bits per heavy atom. The first-order chi connectivity index (χ1) is 13.4. The highest BCUT2D eigenvalue weighted by Crippen LogP contribution is 2.42. The van der Waals surface area contributed by atoms with E-state index in [9.17, 15) is 0 Å². The molecule has 3 rings (SSSR count). The van der Waals surface area contributed by atoms with Gasteiger partial charge in [-0.25, -0.2) is 0 Å². The van der Waals surface area contributed by atoms with Crippen LogP contribution >= 0.6 is 0 Å². The summed E-state index contributed by atoms with van der Waals surface area (Å²) in [6.07, 6.45) is 4.51. The molecule has 2 aromatic carbocycles. The van der Waals surface area contributed by atoms with Crippen molar-refractivity contribution in [2.75, 3.05) is 13.2 Å². The minimum Gasteiger partial charge on any atom is -0.375 e. The van der Waals surface area contributed by atoms with E-state index in [1.807, 2.05) is 0 Å². The summed E-state index contributed by atoms with van der Waals surface area (Å²) in [6.45, 7) is 12.3. The molecule has 0 N–H and O–H groups in total. The van der Waals surface area contributed by atoms with Crippen LogP contribution in [0.5, 0.6) is 0 Å². The first kappa shape index (κ1) is 21.1. The van der Waals surface area contributed by atoms with Gasteiger partial charge in [0.1, 0.15) is 0 Å². The topological polar surface area (TPSA) is 12.5 Å². The normalized spacial score (nSPS) is 25.4. The summed E-state index contributed by atoms with van der Waals surface area (Å²) in [5, 5.41) is 0. The SMILES string of the molecule is CC(C)N(CCC1(C)CC(C)(Cc2ccccc2)CCO1)Cc1ccccc1. The summed E-state index contributed by atoms with van der Waals surface area (Å²) in [4.78, 5) is 2.58. The van der Waals surface area contributed by atoms with E-state index in [-0.39, 0.29) is 5.60 Å². The van der Waals surface area contributed by atoms with Crippen molar-refractivity contribution in [2.45, 2.75) is 71.6 Å². The molecule has 2 atom stereocenters. The molecule has 152 valence electrons. The molecule has 2 unspecified atom stereocenters. The Morgan fingerprint density at radius 1 is 0.929 bits per heavy atom. The second-order valence-corrected chi connectivity index (χ2v) is 9.50. The van der Waals surface area contributed by atoms with Crippen LogP contribution in [0, 0.1) is 5.41 Å². The van der Waals surface area contributed by atoms with Crippen LogP contribution in [0.3, 0.4) is 0 Å². The summed E-state index contributed by atoms with van der Waals surface area (Å²) in [5.41, 5.74) is 3.11. The van der Waals surface area contributed by atoms with Crippen molar-refractivity contribution in [1.29, 1.82) is 0 Å². The van der Waals surface area contributed by atoms with E-state index in [4.69, 9.17) is 4.74 Å². The first-order valence-electron chi connectivity index (χ1n) is 10.8. The molecule has 28 heavy (non-hydrogen) atoms. The smallest absolute Gasteiger partial charge is 0.0672 e. The van der Waals surface area contributed by atoms with Crippen molar-refractivity contribution in [2.24, 2.45) is 5.41 Å². The second kappa shape index (κ2) is 9.24. The van der Waals surface area contributed by atoms with Crippen LogP contribution in [0.25, 0.3) is 0 Å². The van der Waals surface area contributed by atoms with Crippen LogP contribution in [0.1, 0.15) is 58.1 Å². The molecule has 1 aliphatic rings. The molecule has 1 aliphatic heterocycles. The standard InChI is InChI=1S/C26H37NO/c1-22(2)27(20-24-13-9-6-10-14-24)17-15-26(4)21-25(3,16-18-28-26)19-23-11-7-5-8-12-23/h5-14,22H,15-21H2,1-4H3. The van der Waals surface area contributed by atoms with Gasteiger partial charge in [-0.15, -0.1) is 0 Å². The minimum atomic E-state index is -0.0361. The van der Waals surface area contributed by atoms with E-state index in [1.165, 1.54) is 11.1 Å². The van der Waals surface area contributed by atoms with E-state index in [2.05, 4.69) is 93.3 Å². The molecule has 1 saturated heterocycles. The van der Waals surface area contributed by atoms with Gasteiger partial charge in [0.25, 0.3) is 0 Å². The van der Waals surface area contributed by atoms with E-state index in [1.54, 1.807) is 0 Å². The lowest BCUT2D eigenvalue weighted by atomic mass is 9.70. The van der Waals surface area contributed by atoms with Gasteiger partial charge in [-0.2, -0.15) is 0 Å². The van der Waals surface area contributed by atoms with Gasteiger partial charge in [-0.1, -0.05) is 67.6 Å². The molecule has 0 saturated carbocycles. The van der Waals surface area contributed by atoms with Crippen LogP contribution in [0.4, 0.5) is 0 Å². The van der Waals surface area contributed by atoms with Gasteiger partial charge in [0.05, 0.1) is 5.60 Å². The van der Waals surface area contributed by atoms with Crippen molar-refractivity contribution in [1.82, 2.24) is 4.90 Å². The van der Waals surface area contributed by atoms with E-state index >= 15 is 0 Å². The Bertz CT molecular complexity index is 714. The number of hydrogen-bond acceptors (Lipinski definition) is 2. The summed E-state index contributed by atoms with van der Waals surface area (Å²) >= 11 is 0. The number of benzene rings is 2. The lowest BCUT2D eigenvalue weighted by Crippen LogP contribution is -2.45. The minimum absolute atomic E-state index is 0.0361. The lowest BCUT2D eigenvalue weighted by molar-refractivity contribution is -0.119. The third-order valence-electron chi connectivity index (χ3n) is 6.32. The Labute approximate surface area is 171 Å². The van der Waals surface area contributed by atoms with E-state index in [0.29, 0.717) is 11.5 Å². The average Bonchev–Trinajstić information content (AvgIpc) is 2.66. The second-order valence-electron chi connectivity index (χ2n) is 9.50. The molecule has 0 aliphatic carbocycles. The van der Waals surface area contributed by atoms with Crippen LogP contribution < -0.4 is 0 Å². The zero-order valence-corrected chi connectivity index (χ0v) is 18.2. The van der Waals surface area contributed by atoms with Gasteiger partial charge in [0.15, 0.2) is 0 Å². The molecule has 0 bridgehead atoms. The maximum absolute atomic E-state index is 6.35. The largest absolute Gasteiger partial charge is 0.375 e. The summed E-state index contributed by atoms with van der Waals surface area (Å²) < 4.78 is 6.35. The molecule has 0 radical (unpaired) electrons. The molecule has 2 aromatic rings. The summed E-state index contributed by atoms with van der Waals surface area (Å²) in [5.74, 6) is 0. The van der Waals surface area contributed by atoms with Crippen molar-refractivity contribution in [3.8, 4) is 0 Å². The molecule has 0 aromatic heterocycles. The van der Waals surface area contributed by atoms with Crippen LogP contribution in [0.2, 0.25) is 0 Å². The fourth-order valence-electron chi connectivity index (χ4n) is 4.70. The molecular formula is C26H37NO. The van der Waals surface area contributed by atoms with Crippen molar-refractivity contribution in [3.05, 3.63) is 71.8 Å². The quantitative estimate of drug-likeness (QED) is 0.549. The molecule has 0 amide bonds. The van der Waals surface area contributed by atoms with Gasteiger partial charge >= 0.3 is 0 Å². The molecule has 1 heterocycles. The van der Waals surface area contributed by atoms with Gasteiger partial charge in [-0.05, 0) is 63.0 Å². The lowest BCUT2D eigenvalue weighted by Gasteiger charge is -2.45. The highest BCUT2D eigenvalue weighted by atomic mass is 16.5. The fourth-order valence-corrected chi connectivity index (χ4v) is 4.70. The van der Waals surface area contributed by atoms with Gasteiger partial charge in [0.2, 0.25) is 0 Å². The number of nitrogens with zero attached hydrogens (tertiary/aromatic N) is 1. The Kier molecular flexibility index (Phi) is 6.95. The third kappa shape index (κ3) is 5.93.